The predicted molar refractivity (Wildman–Crippen MR) is 220 cm³/mol. The number of hydrogen-bond acceptors (Lipinski definition) is 16. The molecule has 0 aromatic heterocycles. The fourth-order valence-electron chi connectivity index (χ4n) is 15.6. The SMILES string of the molecule is C=C(C)[C@@H]1CC[C@@]2(C(=O)O)CC[C@]3(CO)[C@@H](CC[C@@H]4[C@@]5(C)CC[C@@H](O[C@@H]6O[C@H](CO)[C@H](O)[C@H](O[C@H]7OC[C@H](O)[C@@H](O[C@H]8OC[C@H](O)[C@H](O)[C@H]8O)[C@H]7O)[C@H]6O)C(C)(C)[C@H]5CC[C@@]43C)[C@H]12. The molecule has 0 amide bonds. The van der Waals surface area contributed by atoms with E-state index in [1.807, 2.05) is 6.92 Å². The summed E-state index contributed by atoms with van der Waals surface area (Å²) >= 11 is 0. The number of aliphatic carboxylic acids is 1. The Kier molecular flexibility index (Phi) is 13.2. The lowest BCUT2D eigenvalue weighted by Crippen LogP contribution is -2.69. The van der Waals surface area contributed by atoms with Crippen LogP contribution in [0.4, 0.5) is 0 Å². The smallest absolute Gasteiger partial charge is 0.309 e. The van der Waals surface area contributed by atoms with E-state index in [1.54, 1.807) is 0 Å². The summed E-state index contributed by atoms with van der Waals surface area (Å²) in [5, 5.41) is 108. The lowest BCUT2D eigenvalue weighted by molar-refractivity contribution is -0.372. The molecule has 17 heteroatoms. The fraction of sp³-hybridized carbons (Fsp3) is 0.935. The Labute approximate surface area is 369 Å². The van der Waals surface area contributed by atoms with Crippen molar-refractivity contribution in [2.45, 2.75) is 185 Å². The number of carboxylic acid groups (broad SMARTS) is 1. The van der Waals surface area contributed by atoms with Gasteiger partial charge in [-0.05, 0) is 117 Å². The molecule has 10 N–H and O–H groups in total. The van der Waals surface area contributed by atoms with E-state index in [4.69, 9.17) is 28.4 Å². The Morgan fingerprint density at radius 1 is 0.683 bits per heavy atom. The standard InChI is InChI=1S/C46H74O17/c1-21(2)22-9-14-45(41(56)57)15-16-46(20-48)23(30(22)45)7-8-28-43(5)12-11-29(42(3,4)27(43)10-13-44(28,46)6)61-40-35(55)37(32(52)26(17-47)60-40)63-39-34(54)36(25(50)19-59-39)62-38-33(53)31(51)24(49)18-58-38/h22-40,47-55H,1,7-20H2,2-6H3,(H,56,57)/t22-,23-,24-,25-,26+,27+,28+,29+,30-,31-,32-,33+,34+,35+,36+,37-,38+,39+,40-,43-,44-,45+,46-/m0/s1. The molecular weight excluding hydrogens is 824 g/mol. The number of fused-ring (bicyclic) bond motifs is 7. The number of aliphatic hydroxyl groups is 9. The van der Waals surface area contributed by atoms with Crippen LogP contribution in [0.25, 0.3) is 0 Å². The summed E-state index contributed by atoms with van der Waals surface area (Å²) in [6, 6.07) is 0. The van der Waals surface area contributed by atoms with Gasteiger partial charge >= 0.3 is 5.97 Å². The van der Waals surface area contributed by atoms with Gasteiger partial charge < -0.3 is 79.5 Å². The van der Waals surface area contributed by atoms with Crippen molar-refractivity contribution in [3.05, 3.63) is 12.2 Å². The van der Waals surface area contributed by atoms with E-state index in [2.05, 4.69) is 34.3 Å². The molecule has 8 aliphatic rings. The highest BCUT2D eigenvalue weighted by atomic mass is 16.7. The van der Waals surface area contributed by atoms with Crippen LogP contribution in [-0.2, 0) is 33.2 Å². The number of ether oxygens (including phenoxy) is 6. The van der Waals surface area contributed by atoms with E-state index in [0.29, 0.717) is 25.7 Å². The molecule has 360 valence electrons. The zero-order valence-electron chi connectivity index (χ0n) is 37.4. The van der Waals surface area contributed by atoms with Gasteiger partial charge in [0, 0.05) is 12.0 Å². The van der Waals surface area contributed by atoms with Crippen molar-refractivity contribution in [1.82, 2.24) is 0 Å². The third-order valence-corrected chi connectivity index (χ3v) is 18.9. The largest absolute Gasteiger partial charge is 0.481 e. The minimum Gasteiger partial charge on any atom is -0.481 e. The molecule has 3 heterocycles. The summed E-state index contributed by atoms with van der Waals surface area (Å²) in [5.74, 6) is -0.137. The summed E-state index contributed by atoms with van der Waals surface area (Å²) in [6.45, 7) is 14.1. The quantitative estimate of drug-likeness (QED) is 0.107. The second-order valence-electron chi connectivity index (χ2n) is 21.9. The summed E-state index contributed by atoms with van der Waals surface area (Å²) < 4.78 is 35.3. The zero-order chi connectivity index (χ0) is 45.8. The summed E-state index contributed by atoms with van der Waals surface area (Å²) in [7, 11) is 0. The lowest BCUT2D eigenvalue weighted by atomic mass is 9.32. The molecule has 0 aromatic rings. The Balaban J connectivity index is 0.982. The Hall–Kier alpha value is -1.39. The number of rotatable bonds is 10. The van der Waals surface area contributed by atoms with Gasteiger partial charge in [-0.1, -0.05) is 39.8 Å². The number of hydrogen-bond donors (Lipinski definition) is 10. The van der Waals surface area contributed by atoms with Gasteiger partial charge in [-0.2, -0.15) is 0 Å². The van der Waals surface area contributed by atoms with Crippen LogP contribution in [-0.4, -0.2) is 169 Å². The second-order valence-corrected chi connectivity index (χ2v) is 21.9. The first kappa shape index (κ1) is 48.1. The maximum absolute atomic E-state index is 13.1. The third kappa shape index (κ3) is 7.32. The van der Waals surface area contributed by atoms with Gasteiger partial charge in [0.25, 0.3) is 0 Å². The van der Waals surface area contributed by atoms with Crippen LogP contribution in [0.1, 0.15) is 98.8 Å². The Morgan fingerprint density at radius 3 is 1.98 bits per heavy atom. The summed E-state index contributed by atoms with van der Waals surface area (Å²) in [4.78, 5) is 13.1. The van der Waals surface area contributed by atoms with Gasteiger partial charge in [0.2, 0.25) is 0 Å². The van der Waals surface area contributed by atoms with Crippen molar-refractivity contribution in [2.75, 3.05) is 26.4 Å². The number of allylic oxidation sites excluding steroid dienone is 1. The van der Waals surface area contributed by atoms with Crippen LogP contribution in [0.15, 0.2) is 12.2 Å². The lowest BCUT2D eigenvalue weighted by Gasteiger charge is -2.73. The molecule has 23 atom stereocenters. The van der Waals surface area contributed by atoms with Gasteiger partial charge in [-0.25, -0.2) is 0 Å². The normalized spacial score (nSPS) is 54.3. The van der Waals surface area contributed by atoms with Crippen LogP contribution < -0.4 is 0 Å². The van der Waals surface area contributed by atoms with E-state index >= 15 is 0 Å². The van der Waals surface area contributed by atoms with Crippen molar-refractivity contribution in [3.8, 4) is 0 Å². The zero-order valence-corrected chi connectivity index (χ0v) is 37.4. The van der Waals surface area contributed by atoms with Gasteiger partial charge in [0.05, 0.1) is 31.3 Å². The first-order chi connectivity index (χ1) is 29.6. The van der Waals surface area contributed by atoms with Crippen LogP contribution in [0.2, 0.25) is 0 Å². The maximum atomic E-state index is 13.1. The van der Waals surface area contributed by atoms with Gasteiger partial charge in [0.15, 0.2) is 18.9 Å². The highest BCUT2D eigenvalue weighted by molar-refractivity contribution is 5.76. The van der Waals surface area contributed by atoms with Crippen LogP contribution >= 0.6 is 0 Å². The van der Waals surface area contributed by atoms with Crippen molar-refractivity contribution < 1.29 is 84.3 Å². The Bertz CT molecular complexity index is 1680. The summed E-state index contributed by atoms with van der Waals surface area (Å²) in [6.07, 6.45) is -12.6. The topological polar surface area (TPSA) is 275 Å². The van der Waals surface area contributed by atoms with E-state index in [0.717, 1.165) is 44.1 Å². The van der Waals surface area contributed by atoms with Crippen LogP contribution in [0, 0.1) is 56.7 Å². The second kappa shape index (κ2) is 17.3. The Morgan fingerprint density at radius 2 is 1.33 bits per heavy atom. The van der Waals surface area contributed by atoms with Gasteiger partial charge in [-0.15, -0.1) is 0 Å². The van der Waals surface area contributed by atoms with Crippen LogP contribution in [0.3, 0.4) is 0 Å². The van der Waals surface area contributed by atoms with E-state index in [9.17, 15) is 55.9 Å². The van der Waals surface area contributed by atoms with Crippen molar-refractivity contribution >= 4 is 5.97 Å². The van der Waals surface area contributed by atoms with Gasteiger partial charge in [0.1, 0.15) is 61.0 Å². The molecule has 0 bridgehead atoms. The third-order valence-electron chi connectivity index (χ3n) is 18.9. The molecule has 8 fully saturated rings. The molecule has 3 aliphatic heterocycles. The highest BCUT2D eigenvalue weighted by Crippen LogP contribution is 2.77. The monoisotopic (exact) mass is 898 g/mol. The van der Waals surface area contributed by atoms with Gasteiger partial charge in [-0.3, -0.25) is 4.79 Å². The highest BCUT2D eigenvalue weighted by Gasteiger charge is 2.73. The molecule has 17 nitrogen and oxygen atoms in total. The van der Waals surface area contributed by atoms with Crippen molar-refractivity contribution in [2.24, 2.45) is 56.7 Å². The molecule has 0 aromatic carbocycles. The summed E-state index contributed by atoms with van der Waals surface area (Å²) in [5.41, 5.74) is -1.01. The number of aliphatic hydroxyl groups excluding tert-OH is 9. The average molecular weight is 899 g/mol. The predicted octanol–water partition coefficient (Wildman–Crippen LogP) is 0.813. The fourth-order valence-corrected chi connectivity index (χ4v) is 15.6. The minimum absolute atomic E-state index is 0.0259. The molecule has 0 radical (unpaired) electrons. The van der Waals surface area contributed by atoms with E-state index < -0.39 is 121 Å². The molecule has 3 saturated heterocycles. The minimum atomic E-state index is -1.76. The first-order valence-corrected chi connectivity index (χ1v) is 23.4. The average Bonchev–Trinajstić information content (AvgIpc) is 3.65. The van der Waals surface area contributed by atoms with Crippen molar-refractivity contribution in [3.63, 3.8) is 0 Å². The molecule has 5 aliphatic carbocycles. The molecule has 8 rings (SSSR count). The maximum Gasteiger partial charge on any atom is 0.309 e. The molecule has 0 spiro atoms. The first-order valence-electron chi connectivity index (χ1n) is 23.4. The van der Waals surface area contributed by atoms with E-state index in [-0.39, 0.29) is 53.6 Å². The van der Waals surface area contributed by atoms with E-state index in [1.165, 1.54) is 0 Å². The molecule has 0 unspecified atom stereocenters. The number of carboxylic acids is 1. The van der Waals surface area contributed by atoms with Crippen molar-refractivity contribution in [1.29, 1.82) is 0 Å². The molecule has 63 heavy (non-hydrogen) atoms. The number of carbonyl (C=O) groups is 1. The molecular formula is C46H74O17. The van der Waals surface area contributed by atoms with Crippen LogP contribution in [0.5, 0.6) is 0 Å². The molecule has 5 saturated carbocycles.